The minimum atomic E-state index is 0.110. The smallest absolute Gasteiger partial charge is 0.0907 e. The molecule has 1 aromatic carbocycles. The van der Waals surface area contributed by atoms with E-state index in [1.165, 1.54) is 6.20 Å². The summed E-state index contributed by atoms with van der Waals surface area (Å²) in [5.74, 6) is 0. The summed E-state index contributed by atoms with van der Waals surface area (Å²) >= 11 is 24.2. The van der Waals surface area contributed by atoms with Crippen LogP contribution in [-0.4, -0.2) is 4.98 Å². The van der Waals surface area contributed by atoms with E-state index in [1.807, 2.05) is 6.07 Å². The van der Waals surface area contributed by atoms with Gasteiger partial charge in [0.2, 0.25) is 0 Å². The third kappa shape index (κ3) is 2.96. The molecule has 0 unspecified atom stereocenters. The van der Waals surface area contributed by atoms with Gasteiger partial charge in [-0.3, -0.25) is 4.98 Å². The molecule has 0 amide bonds. The molecule has 0 bridgehead atoms. The number of pyridine rings is 1. The summed E-state index contributed by atoms with van der Waals surface area (Å²) in [4.78, 5) is 4.18. The lowest BCUT2D eigenvalue weighted by molar-refractivity contribution is 1.21. The maximum absolute atomic E-state index is 8.79. The van der Waals surface area contributed by atoms with Gasteiger partial charge in [-0.15, -0.1) is 0 Å². The van der Waals surface area contributed by atoms with Crippen molar-refractivity contribution in [3.8, 4) is 17.3 Å². The van der Waals surface area contributed by atoms with Gasteiger partial charge in [0.1, 0.15) is 0 Å². The Morgan fingerprint density at radius 1 is 1.11 bits per heavy atom. The van der Waals surface area contributed by atoms with Crippen LogP contribution in [0.25, 0.3) is 11.3 Å². The van der Waals surface area contributed by atoms with Gasteiger partial charge in [0.25, 0.3) is 0 Å². The van der Waals surface area contributed by atoms with Crippen LogP contribution in [0.1, 0.15) is 5.56 Å². The Morgan fingerprint density at radius 2 is 1.84 bits per heavy atom. The molecule has 0 atom stereocenters. The van der Waals surface area contributed by atoms with Crippen molar-refractivity contribution in [2.75, 3.05) is 0 Å². The Bertz CT molecular complexity index is 677. The van der Waals surface area contributed by atoms with Crippen molar-refractivity contribution in [1.82, 2.24) is 4.98 Å². The van der Waals surface area contributed by atoms with Gasteiger partial charge in [0, 0.05) is 22.3 Å². The highest BCUT2D eigenvalue weighted by Gasteiger charge is 2.15. The van der Waals surface area contributed by atoms with Crippen LogP contribution in [0, 0.1) is 11.3 Å². The highest BCUT2D eigenvalue weighted by atomic mass is 35.5. The van der Waals surface area contributed by atoms with Crippen LogP contribution in [0.5, 0.6) is 0 Å². The summed E-state index contributed by atoms with van der Waals surface area (Å²) in [6, 6.07) is 7.04. The zero-order valence-electron chi connectivity index (χ0n) is 9.42. The number of benzene rings is 1. The highest BCUT2D eigenvalue weighted by Crippen LogP contribution is 2.37. The molecule has 2 rings (SSSR count). The number of rotatable bonds is 2. The van der Waals surface area contributed by atoms with Crippen LogP contribution < -0.4 is 0 Å². The zero-order valence-corrected chi connectivity index (χ0v) is 12.4. The predicted molar refractivity (Wildman–Crippen MR) is 79.0 cm³/mol. The van der Waals surface area contributed by atoms with Crippen molar-refractivity contribution in [3.05, 3.63) is 50.0 Å². The fraction of sp³-hybridized carbons (Fsp3) is 0.0769. The normalized spacial score (nSPS) is 10.3. The first-order valence-electron chi connectivity index (χ1n) is 5.20. The molecule has 0 aliphatic carbocycles. The molecule has 19 heavy (non-hydrogen) atoms. The largest absolute Gasteiger partial charge is 0.253 e. The van der Waals surface area contributed by atoms with E-state index in [0.717, 1.165) is 0 Å². The van der Waals surface area contributed by atoms with E-state index in [2.05, 4.69) is 4.98 Å². The molecule has 2 aromatic rings. The first kappa shape index (κ1) is 14.4. The van der Waals surface area contributed by atoms with Gasteiger partial charge in [-0.2, -0.15) is 5.26 Å². The lowest BCUT2D eigenvalue weighted by Gasteiger charge is -2.10. The monoisotopic (exact) mass is 330 g/mol. The predicted octanol–water partition coefficient (Wildman–Crippen LogP) is 5.43. The average molecular weight is 332 g/mol. The molecule has 0 radical (unpaired) electrons. The third-order valence-corrected chi connectivity index (χ3v) is 3.79. The van der Waals surface area contributed by atoms with Gasteiger partial charge >= 0.3 is 0 Å². The summed E-state index contributed by atoms with van der Waals surface area (Å²) in [6.07, 6.45) is 1.57. The minimum Gasteiger partial charge on any atom is -0.253 e. The van der Waals surface area contributed by atoms with Crippen LogP contribution in [0.2, 0.25) is 20.1 Å². The van der Waals surface area contributed by atoms with Gasteiger partial charge in [-0.05, 0) is 18.2 Å². The lowest BCUT2D eigenvalue weighted by atomic mass is 10.1. The molecule has 6 heteroatoms. The van der Waals surface area contributed by atoms with Gasteiger partial charge in [-0.25, -0.2) is 0 Å². The molecule has 0 aliphatic heterocycles. The quantitative estimate of drug-likeness (QED) is 0.735. The molecule has 0 saturated heterocycles. The Hall–Kier alpha value is -0.980. The summed E-state index contributed by atoms with van der Waals surface area (Å²) in [6.45, 7) is 0. The fourth-order valence-electron chi connectivity index (χ4n) is 1.61. The van der Waals surface area contributed by atoms with Gasteiger partial charge < -0.3 is 0 Å². The highest BCUT2D eigenvalue weighted by molar-refractivity contribution is 6.39. The Balaban J connectivity index is 2.63. The average Bonchev–Trinajstić information content (AvgIpc) is 2.36. The number of hydrogen-bond acceptors (Lipinski definition) is 2. The van der Waals surface area contributed by atoms with E-state index in [9.17, 15) is 0 Å². The number of nitriles is 1. The molecule has 2 nitrogen and oxygen atoms in total. The SMILES string of the molecule is N#CCc1c(Cl)cnc(-c2ccc(Cl)cc2Cl)c1Cl. The molecular weight excluding hydrogens is 326 g/mol. The van der Waals surface area contributed by atoms with Crippen LogP contribution in [0.3, 0.4) is 0 Å². The molecule has 96 valence electrons. The molecule has 0 saturated carbocycles. The molecular formula is C13H6Cl4N2. The minimum absolute atomic E-state index is 0.110. The van der Waals surface area contributed by atoms with Gasteiger partial charge in [-0.1, -0.05) is 46.4 Å². The van der Waals surface area contributed by atoms with E-state index in [4.69, 9.17) is 51.7 Å². The molecule has 0 spiro atoms. The molecule has 0 aliphatic rings. The van der Waals surface area contributed by atoms with E-state index >= 15 is 0 Å². The number of aromatic nitrogens is 1. The maximum atomic E-state index is 8.79. The van der Waals surface area contributed by atoms with Crippen molar-refractivity contribution >= 4 is 46.4 Å². The number of halogens is 4. The summed E-state index contributed by atoms with van der Waals surface area (Å²) in [5.41, 5.74) is 1.67. The Labute approximate surface area is 130 Å². The topological polar surface area (TPSA) is 36.7 Å². The van der Waals surface area contributed by atoms with Crippen LogP contribution in [0.4, 0.5) is 0 Å². The van der Waals surface area contributed by atoms with Gasteiger partial charge in [0.05, 0.1) is 33.3 Å². The lowest BCUT2D eigenvalue weighted by Crippen LogP contribution is -1.93. The van der Waals surface area contributed by atoms with E-state index in [0.29, 0.717) is 36.9 Å². The zero-order chi connectivity index (χ0) is 14.0. The molecule has 0 N–H and O–H groups in total. The van der Waals surface area contributed by atoms with E-state index < -0.39 is 0 Å². The second-order valence-corrected chi connectivity index (χ2v) is 5.34. The maximum Gasteiger partial charge on any atom is 0.0907 e. The fourth-order valence-corrected chi connectivity index (χ4v) is 2.69. The number of nitrogens with zero attached hydrogens (tertiary/aromatic N) is 2. The van der Waals surface area contributed by atoms with Crippen molar-refractivity contribution in [2.24, 2.45) is 0 Å². The number of hydrogen-bond donors (Lipinski definition) is 0. The standard InChI is InChI=1S/C13H6Cl4N2/c14-7-1-2-9(10(15)5-7)13-12(17)8(3-4-18)11(16)6-19-13/h1-2,5-6H,3H2. The van der Waals surface area contributed by atoms with Crippen LogP contribution in [0.15, 0.2) is 24.4 Å². The van der Waals surface area contributed by atoms with Crippen LogP contribution in [-0.2, 0) is 6.42 Å². The van der Waals surface area contributed by atoms with Crippen molar-refractivity contribution < 1.29 is 0 Å². The first-order valence-corrected chi connectivity index (χ1v) is 6.71. The second-order valence-electron chi connectivity index (χ2n) is 3.71. The summed E-state index contributed by atoms with van der Waals surface area (Å²) in [5, 5.41) is 10.4. The second kappa shape index (κ2) is 5.98. The molecule has 1 aromatic heterocycles. The van der Waals surface area contributed by atoms with E-state index in [-0.39, 0.29) is 6.42 Å². The summed E-state index contributed by atoms with van der Waals surface area (Å²) < 4.78 is 0. The Morgan fingerprint density at radius 3 is 2.47 bits per heavy atom. The summed E-state index contributed by atoms with van der Waals surface area (Å²) in [7, 11) is 0. The van der Waals surface area contributed by atoms with Crippen molar-refractivity contribution in [3.63, 3.8) is 0 Å². The molecule has 0 fully saturated rings. The van der Waals surface area contributed by atoms with Crippen molar-refractivity contribution in [1.29, 1.82) is 5.26 Å². The Kier molecular flexibility index (Phi) is 4.54. The van der Waals surface area contributed by atoms with Crippen molar-refractivity contribution in [2.45, 2.75) is 6.42 Å². The molecule has 1 heterocycles. The van der Waals surface area contributed by atoms with Crippen LogP contribution >= 0.6 is 46.4 Å². The van der Waals surface area contributed by atoms with E-state index in [1.54, 1.807) is 18.2 Å². The first-order chi connectivity index (χ1) is 9.04. The third-order valence-electron chi connectivity index (χ3n) is 2.51. The van der Waals surface area contributed by atoms with Gasteiger partial charge in [0.15, 0.2) is 0 Å².